The lowest BCUT2D eigenvalue weighted by Crippen LogP contribution is -2.14. The largest absolute Gasteiger partial charge is 0.507 e. The van der Waals surface area contributed by atoms with Gasteiger partial charge in [0.05, 0.1) is 6.42 Å². The lowest BCUT2D eigenvalue weighted by molar-refractivity contribution is -0.137. The molecule has 0 spiro atoms. The summed E-state index contributed by atoms with van der Waals surface area (Å²) >= 11 is 0. The van der Waals surface area contributed by atoms with E-state index in [1.54, 1.807) is 12.1 Å². The van der Waals surface area contributed by atoms with Crippen molar-refractivity contribution in [2.45, 2.75) is 12.5 Å². The highest BCUT2D eigenvalue weighted by Crippen LogP contribution is 2.31. The lowest BCUT2D eigenvalue weighted by Gasteiger charge is -2.12. The second-order valence-corrected chi connectivity index (χ2v) is 4.35. The number of carboxylic acids is 1. The molecule has 4 heteroatoms. The number of phenols is 1. The van der Waals surface area contributed by atoms with Crippen LogP contribution in [0.2, 0.25) is 0 Å². The second-order valence-electron chi connectivity index (χ2n) is 4.35. The van der Waals surface area contributed by atoms with Crippen LogP contribution < -0.4 is 5.73 Å². The molecule has 0 bridgehead atoms. The summed E-state index contributed by atoms with van der Waals surface area (Å²) in [5, 5.41) is 18.7. The van der Waals surface area contributed by atoms with Gasteiger partial charge in [0.2, 0.25) is 0 Å². The standard InChI is InChI=1S/C15H15NO3/c16-13(9-15(18)19)11-6-7-12(14(17)8-11)10-4-2-1-3-5-10/h1-8,13,17H,9,16H2,(H,18,19). The molecule has 0 aliphatic rings. The molecule has 2 rings (SSSR count). The van der Waals surface area contributed by atoms with Crippen molar-refractivity contribution in [1.82, 2.24) is 0 Å². The molecule has 4 nitrogen and oxygen atoms in total. The fourth-order valence-corrected chi connectivity index (χ4v) is 1.95. The molecule has 0 radical (unpaired) electrons. The van der Waals surface area contributed by atoms with Crippen molar-refractivity contribution in [2.75, 3.05) is 0 Å². The van der Waals surface area contributed by atoms with E-state index in [0.717, 1.165) is 5.56 Å². The summed E-state index contributed by atoms with van der Waals surface area (Å²) in [6.45, 7) is 0. The molecule has 98 valence electrons. The summed E-state index contributed by atoms with van der Waals surface area (Å²) in [5.41, 5.74) is 7.97. The van der Waals surface area contributed by atoms with E-state index in [1.165, 1.54) is 6.07 Å². The maximum atomic E-state index is 10.6. The van der Waals surface area contributed by atoms with Gasteiger partial charge >= 0.3 is 5.97 Å². The number of phenolic OH excluding ortho intramolecular Hbond substituents is 1. The van der Waals surface area contributed by atoms with E-state index >= 15 is 0 Å². The van der Waals surface area contributed by atoms with Crippen molar-refractivity contribution in [3.8, 4) is 16.9 Å². The van der Waals surface area contributed by atoms with Gasteiger partial charge in [-0.1, -0.05) is 42.5 Å². The first-order valence-corrected chi connectivity index (χ1v) is 5.93. The number of carboxylic acid groups (broad SMARTS) is 1. The van der Waals surface area contributed by atoms with Crippen LogP contribution >= 0.6 is 0 Å². The van der Waals surface area contributed by atoms with Crippen LogP contribution in [0.3, 0.4) is 0 Å². The summed E-state index contributed by atoms with van der Waals surface area (Å²) in [4.78, 5) is 10.6. The number of benzene rings is 2. The number of hydrogen-bond acceptors (Lipinski definition) is 3. The van der Waals surface area contributed by atoms with Gasteiger partial charge in [-0.05, 0) is 17.2 Å². The van der Waals surface area contributed by atoms with Gasteiger partial charge < -0.3 is 15.9 Å². The van der Waals surface area contributed by atoms with Crippen molar-refractivity contribution < 1.29 is 15.0 Å². The molecule has 19 heavy (non-hydrogen) atoms. The Bertz CT molecular complexity index is 581. The third-order valence-electron chi connectivity index (χ3n) is 2.93. The Morgan fingerprint density at radius 1 is 1.16 bits per heavy atom. The minimum absolute atomic E-state index is 0.101. The van der Waals surface area contributed by atoms with Gasteiger partial charge in [0.1, 0.15) is 5.75 Å². The van der Waals surface area contributed by atoms with Gasteiger partial charge in [-0.25, -0.2) is 0 Å². The van der Waals surface area contributed by atoms with Gasteiger partial charge in [0, 0.05) is 11.6 Å². The van der Waals surface area contributed by atoms with E-state index < -0.39 is 12.0 Å². The van der Waals surface area contributed by atoms with Gasteiger partial charge in [-0.2, -0.15) is 0 Å². The molecular formula is C15H15NO3. The molecule has 0 saturated carbocycles. The number of rotatable bonds is 4. The van der Waals surface area contributed by atoms with Crippen LogP contribution in [0.4, 0.5) is 0 Å². The average Bonchev–Trinajstić information content (AvgIpc) is 2.38. The zero-order valence-corrected chi connectivity index (χ0v) is 10.3. The molecular weight excluding hydrogens is 242 g/mol. The summed E-state index contributed by atoms with van der Waals surface area (Å²) in [6, 6.07) is 13.9. The van der Waals surface area contributed by atoms with Crippen LogP contribution in [0.25, 0.3) is 11.1 Å². The zero-order valence-electron chi connectivity index (χ0n) is 10.3. The Hall–Kier alpha value is -2.33. The monoisotopic (exact) mass is 257 g/mol. The van der Waals surface area contributed by atoms with Crippen LogP contribution in [0.5, 0.6) is 5.75 Å². The van der Waals surface area contributed by atoms with Crippen molar-refractivity contribution in [3.05, 3.63) is 54.1 Å². The van der Waals surface area contributed by atoms with E-state index in [-0.39, 0.29) is 12.2 Å². The maximum Gasteiger partial charge on any atom is 0.305 e. The summed E-state index contributed by atoms with van der Waals surface area (Å²) < 4.78 is 0. The second kappa shape index (κ2) is 5.54. The lowest BCUT2D eigenvalue weighted by atomic mass is 9.98. The Labute approximate surface area is 111 Å². The molecule has 2 aromatic rings. The quantitative estimate of drug-likeness (QED) is 0.785. The third-order valence-corrected chi connectivity index (χ3v) is 2.93. The fraction of sp³-hybridized carbons (Fsp3) is 0.133. The van der Waals surface area contributed by atoms with Gasteiger partial charge in [0.25, 0.3) is 0 Å². The van der Waals surface area contributed by atoms with Crippen molar-refractivity contribution in [1.29, 1.82) is 0 Å². The zero-order chi connectivity index (χ0) is 13.8. The highest BCUT2D eigenvalue weighted by atomic mass is 16.4. The molecule has 0 aromatic heterocycles. The number of carbonyl (C=O) groups is 1. The molecule has 4 N–H and O–H groups in total. The fourth-order valence-electron chi connectivity index (χ4n) is 1.95. The van der Waals surface area contributed by atoms with E-state index in [2.05, 4.69) is 0 Å². The number of aromatic hydroxyl groups is 1. The van der Waals surface area contributed by atoms with Crippen molar-refractivity contribution in [3.63, 3.8) is 0 Å². The molecule has 2 aromatic carbocycles. The van der Waals surface area contributed by atoms with Crippen LogP contribution in [0.15, 0.2) is 48.5 Å². The van der Waals surface area contributed by atoms with Crippen LogP contribution in [-0.2, 0) is 4.79 Å². The number of nitrogens with two attached hydrogens (primary N) is 1. The Balaban J connectivity index is 2.30. The SMILES string of the molecule is NC(CC(=O)O)c1ccc(-c2ccccc2)c(O)c1. The normalized spacial score (nSPS) is 12.1. The molecule has 0 aliphatic heterocycles. The van der Waals surface area contributed by atoms with Crippen LogP contribution in [0, 0.1) is 0 Å². The first kappa shape index (κ1) is 13.1. The molecule has 0 saturated heterocycles. The molecule has 0 amide bonds. The number of aliphatic carboxylic acids is 1. The topological polar surface area (TPSA) is 83.6 Å². The Kier molecular flexibility index (Phi) is 3.82. The Morgan fingerprint density at radius 2 is 1.84 bits per heavy atom. The maximum absolute atomic E-state index is 10.6. The summed E-state index contributed by atoms with van der Waals surface area (Å²) in [5.74, 6) is -0.858. The predicted molar refractivity (Wildman–Crippen MR) is 72.7 cm³/mol. The Morgan fingerprint density at radius 3 is 2.42 bits per heavy atom. The van der Waals surface area contributed by atoms with Crippen LogP contribution in [0.1, 0.15) is 18.0 Å². The third kappa shape index (κ3) is 3.11. The molecule has 0 aliphatic carbocycles. The minimum atomic E-state index is -0.959. The number of hydrogen-bond donors (Lipinski definition) is 3. The first-order valence-electron chi connectivity index (χ1n) is 5.93. The minimum Gasteiger partial charge on any atom is -0.507 e. The summed E-state index contributed by atoms with van der Waals surface area (Å²) in [6.07, 6.45) is -0.163. The smallest absolute Gasteiger partial charge is 0.305 e. The van der Waals surface area contributed by atoms with Crippen molar-refractivity contribution in [2.24, 2.45) is 5.73 Å². The molecule has 0 fully saturated rings. The van der Waals surface area contributed by atoms with E-state index in [1.807, 2.05) is 30.3 Å². The van der Waals surface area contributed by atoms with Crippen molar-refractivity contribution >= 4 is 5.97 Å². The highest BCUT2D eigenvalue weighted by Gasteiger charge is 2.13. The highest BCUT2D eigenvalue weighted by molar-refractivity contribution is 5.71. The predicted octanol–water partition coefficient (Wildman–Crippen LogP) is 2.53. The first-order chi connectivity index (χ1) is 9.08. The van der Waals surface area contributed by atoms with E-state index in [9.17, 15) is 9.90 Å². The van der Waals surface area contributed by atoms with E-state index in [0.29, 0.717) is 11.1 Å². The van der Waals surface area contributed by atoms with Gasteiger partial charge in [-0.3, -0.25) is 4.79 Å². The van der Waals surface area contributed by atoms with Gasteiger partial charge in [0.15, 0.2) is 0 Å². The molecule has 1 unspecified atom stereocenters. The molecule has 0 heterocycles. The van der Waals surface area contributed by atoms with E-state index in [4.69, 9.17) is 10.8 Å². The van der Waals surface area contributed by atoms with Gasteiger partial charge in [-0.15, -0.1) is 0 Å². The molecule has 1 atom stereocenters. The van der Waals surface area contributed by atoms with Crippen LogP contribution in [-0.4, -0.2) is 16.2 Å². The summed E-state index contributed by atoms with van der Waals surface area (Å²) in [7, 11) is 0. The average molecular weight is 257 g/mol.